The lowest BCUT2D eigenvalue weighted by Gasteiger charge is -2.18. The van der Waals surface area contributed by atoms with Crippen LogP contribution in [0.25, 0.3) is 0 Å². The van der Waals surface area contributed by atoms with Gasteiger partial charge in [0, 0.05) is 17.8 Å². The third-order valence-corrected chi connectivity index (χ3v) is 6.51. The molecule has 2 aromatic carbocycles. The number of benzene rings is 2. The maximum absolute atomic E-state index is 12.5. The Morgan fingerprint density at radius 3 is 2.46 bits per heavy atom. The van der Waals surface area contributed by atoms with E-state index < -0.39 is 10.0 Å². The van der Waals surface area contributed by atoms with Crippen molar-refractivity contribution in [1.29, 1.82) is 0 Å². The second-order valence-electron chi connectivity index (χ2n) is 6.80. The first-order valence-corrected chi connectivity index (χ1v) is 10.5. The number of fused-ring (bicyclic) bond motifs is 1. The van der Waals surface area contributed by atoms with Crippen molar-refractivity contribution in [3.8, 4) is 0 Å². The Morgan fingerprint density at radius 2 is 1.85 bits per heavy atom. The first-order chi connectivity index (χ1) is 12.3. The van der Waals surface area contributed by atoms with Crippen molar-refractivity contribution in [3.05, 3.63) is 59.2 Å². The maximum atomic E-state index is 12.5. The van der Waals surface area contributed by atoms with Crippen molar-refractivity contribution < 1.29 is 13.2 Å². The van der Waals surface area contributed by atoms with E-state index in [0.717, 1.165) is 11.3 Å². The first-order valence-electron chi connectivity index (χ1n) is 8.86. The van der Waals surface area contributed by atoms with E-state index in [-0.39, 0.29) is 11.7 Å². The fraction of sp³-hybridized carbons (Fsp3) is 0.350. The van der Waals surface area contributed by atoms with Crippen LogP contribution in [-0.2, 0) is 16.4 Å². The topological polar surface area (TPSA) is 66.5 Å². The van der Waals surface area contributed by atoms with E-state index in [1.165, 1.54) is 9.87 Å². The maximum Gasteiger partial charge on any atom is 0.255 e. The van der Waals surface area contributed by atoms with Gasteiger partial charge in [0.2, 0.25) is 10.0 Å². The molecule has 0 atom stereocenters. The van der Waals surface area contributed by atoms with Crippen LogP contribution >= 0.6 is 0 Å². The fourth-order valence-corrected chi connectivity index (χ4v) is 4.27. The number of hydrogen-bond donors (Lipinski definition) is 1. The molecule has 0 aliphatic carbocycles. The van der Waals surface area contributed by atoms with Crippen LogP contribution in [0, 0.1) is 0 Å². The van der Waals surface area contributed by atoms with Crippen LogP contribution in [0.15, 0.2) is 42.5 Å². The molecule has 1 heterocycles. The normalized spacial score (nSPS) is 13.8. The van der Waals surface area contributed by atoms with E-state index in [4.69, 9.17) is 0 Å². The van der Waals surface area contributed by atoms with E-state index >= 15 is 0 Å². The predicted octanol–water partition coefficient (Wildman–Crippen LogP) is 3.77. The summed E-state index contributed by atoms with van der Waals surface area (Å²) in [5.74, 6) is 0.321. The molecule has 6 heteroatoms. The highest BCUT2D eigenvalue weighted by Gasteiger charge is 2.28. The highest BCUT2D eigenvalue weighted by molar-refractivity contribution is 7.92. The molecule has 3 rings (SSSR count). The molecule has 0 aromatic heterocycles. The molecule has 1 aliphatic heterocycles. The molecular formula is C20H24N2O3S. The second-order valence-corrected chi connectivity index (χ2v) is 8.98. The van der Waals surface area contributed by atoms with Gasteiger partial charge in [0.1, 0.15) is 0 Å². The monoisotopic (exact) mass is 372 g/mol. The summed E-state index contributed by atoms with van der Waals surface area (Å²) in [5, 5.41) is 2.90. The molecule has 5 nitrogen and oxygen atoms in total. The average molecular weight is 372 g/mol. The van der Waals surface area contributed by atoms with E-state index in [0.29, 0.717) is 30.1 Å². The third kappa shape index (κ3) is 3.60. The molecule has 0 saturated carbocycles. The first kappa shape index (κ1) is 18.5. The molecule has 138 valence electrons. The van der Waals surface area contributed by atoms with Gasteiger partial charge in [-0.05, 0) is 60.7 Å². The van der Waals surface area contributed by atoms with Gasteiger partial charge in [-0.1, -0.05) is 26.0 Å². The summed E-state index contributed by atoms with van der Waals surface area (Å²) < 4.78 is 25.7. The van der Waals surface area contributed by atoms with E-state index in [1.807, 2.05) is 24.3 Å². The van der Waals surface area contributed by atoms with Gasteiger partial charge in [0.25, 0.3) is 5.91 Å². The largest absolute Gasteiger partial charge is 0.322 e. The quantitative estimate of drug-likeness (QED) is 0.869. The number of rotatable bonds is 5. The number of nitrogens with one attached hydrogen (secondary N) is 1. The molecule has 0 spiro atoms. The SMILES string of the molecule is CCS(=O)(=O)N1CCc2cc(C(=O)Nc3ccc(C(C)C)cc3)ccc21. The van der Waals surface area contributed by atoms with Crippen molar-refractivity contribution in [1.82, 2.24) is 0 Å². The van der Waals surface area contributed by atoms with Gasteiger partial charge in [0.05, 0.1) is 11.4 Å². The van der Waals surface area contributed by atoms with Crippen molar-refractivity contribution in [2.24, 2.45) is 0 Å². The van der Waals surface area contributed by atoms with Crippen LogP contribution in [-0.4, -0.2) is 26.6 Å². The summed E-state index contributed by atoms with van der Waals surface area (Å²) in [6.07, 6.45) is 0.624. The second kappa shape index (κ2) is 7.11. The Kier molecular flexibility index (Phi) is 5.05. The van der Waals surface area contributed by atoms with Gasteiger partial charge < -0.3 is 5.32 Å². The van der Waals surface area contributed by atoms with Gasteiger partial charge in [-0.2, -0.15) is 0 Å². The summed E-state index contributed by atoms with van der Waals surface area (Å²) in [5.41, 5.74) is 4.08. The Hall–Kier alpha value is -2.34. The Balaban J connectivity index is 1.77. The lowest BCUT2D eigenvalue weighted by Crippen LogP contribution is -2.30. The summed E-state index contributed by atoms with van der Waals surface area (Å²) in [6.45, 7) is 6.33. The Labute approximate surface area is 155 Å². The average Bonchev–Trinajstić information content (AvgIpc) is 3.06. The molecule has 1 amide bonds. The van der Waals surface area contributed by atoms with Crippen LogP contribution in [0.1, 0.15) is 48.2 Å². The lowest BCUT2D eigenvalue weighted by molar-refractivity contribution is 0.102. The molecule has 0 fully saturated rings. The Morgan fingerprint density at radius 1 is 1.15 bits per heavy atom. The number of carbonyl (C=O) groups is 1. The predicted molar refractivity (Wildman–Crippen MR) is 105 cm³/mol. The number of sulfonamides is 1. The molecule has 0 radical (unpaired) electrons. The zero-order valence-electron chi connectivity index (χ0n) is 15.3. The molecule has 1 aliphatic rings. The third-order valence-electron chi connectivity index (χ3n) is 4.73. The highest BCUT2D eigenvalue weighted by atomic mass is 32.2. The van der Waals surface area contributed by atoms with E-state index in [1.54, 1.807) is 25.1 Å². The van der Waals surface area contributed by atoms with Crippen molar-refractivity contribution in [2.45, 2.75) is 33.1 Å². The minimum absolute atomic E-state index is 0.0705. The van der Waals surface area contributed by atoms with Crippen molar-refractivity contribution >= 4 is 27.3 Å². The van der Waals surface area contributed by atoms with Gasteiger partial charge in [-0.3, -0.25) is 9.10 Å². The number of anilines is 2. The molecule has 26 heavy (non-hydrogen) atoms. The van der Waals surface area contributed by atoms with Crippen LogP contribution in [0.4, 0.5) is 11.4 Å². The number of nitrogens with zero attached hydrogens (tertiary/aromatic N) is 1. The summed E-state index contributed by atoms with van der Waals surface area (Å²) in [7, 11) is -3.27. The minimum atomic E-state index is -3.27. The van der Waals surface area contributed by atoms with Crippen LogP contribution in [0.2, 0.25) is 0 Å². The van der Waals surface area contributed by atoms with E-state index in [2.05, 4.69) is 19.2 Å². The molecule has 0 bridgehead atoms. The summed E-state index contributed by atoms with van der Waals surface area (Å²) in [6, 6.07) is 13.0. The highest BCUT2D eigenvalue weighted by Crippen LogP contribution is 2.31. The molecular weight excluding hydrogens is 348 g/mol. The minimum Gasteiger partial charge on any atom is -0.322 e. The zero-order valence-corrected chi connectivity index (χ0v) is 16.1. The Bertz CT molecular complexity index is 919. The number of carbonyl (C=O) groups excluding carboxylic acids is 1. The number of hydrogen-bond acceptors (Lipinski definition) is 3. The number of amides is 1. The zero-order chi connectivity index (χ0) is 18.9. The van der Waals surface area contributed by atoms with Crippen molar-refractivity contribution in [2.75, 3.05) is 21.9 Å². The smallest absolute Gasteiger partial charge is 0.255 e. The molecule has 0 unspecified atom stereocenters. The van der Waals surface area contributed by atoms with Gasteiger partial charge in [0.15, 0.2) is 0 Å². The standard InChI is InChI=1S/C20H24N2O3S/c1-4-26(24,25)22-12-11-16-13-17(7-10-19(16)22)20(23)21-18-8-5-15(6-9-18)14(2)3/h5-10,13-14H,4,11-12H2,1-3H3,(H,21,23). The van der Waals surface area contributed by atoms with Gasteiger partial charge in [-0.25, -0.2) is 8.42 Å². The lowest BCUT2D eigenvalue weighted by atomic mass is 10.0. The summed E-state index contributed by atoms with van der Waals surface area (Å²) in [4.78, 5) is 12.5. The van der Waals surface area contributed by atoms with Crippen LogP contribution in [0.3, 0.4) is 0 Å². The molecule has 0 saturated heterocycles. The van der Waals surface area contributed by atoms with Crippen LogP contribution in [0.5, 0.6) is 0 Å². The molecule has 1 N–H and O–H groups in total. The van der Waals surface area contributed by atoms with Gasteiger partial charge in [-0.15, -0.1) is 0 Å². The van der Waals surface area contributed by atoms with Crippen LogP contribution < -0.4 is 9.62 Å². The van der Waals surface area contributed by atoms with E-state index in [9.17, 15) is 13.2 Å². The fourth-order valence-electron chi connectivity index (χ4n) is 3.11. The molecule has 2 aromatic rings. The van der Waals surface area contributed by atoms with Gasteiger partial charge >= 0.3 is 0 Å². The van der Waals surface area contributed by atoms with Crippen molar-refractivity contribution in [3.63, 3.8) is 0 Å². The summed E-state index contributed by atoms with van der Waals surface area (Å²) >= 11 is 0.